The molecular formula is C14H11Cl2CuFN2O2. The Bertz CT molecular complexity index is 642. The summed E-state index contributed by atoms with van der Waals surface area (Å²) in [6.45, 7) is 0. The number of carbonyl (C=O) groups is 1. The van der Waals surface area contributed by atoms with Crippen LogP contribution >= 0.6 is 20.2 Å². The van der Waals surface area contributed by atoms with Gasteiger partial charge < -0.3 is 5.11 Å². The molecule has 0 fully saturated rings. The van der Waals surface area contributed by atoms with E-state index in [9.17, 15) is 14.3 Å². The van der Waals surface area contributed by atoms with Crippen LogP contribution < -0.4 is 5.43 Å². The van der Waals surface area contributed by atoms with Crippen molar-refractivity contribution in [1.82, 2.24) is 5.43 Å². The van der Waals surface area contributed by atoms with Crippen molar-refractivity contribution in [3.63, 3.8) is 0 Å². The van der Waals surface area contributed by atoms with E-state index in [4.69, 9.17) is 0 Å². The molecular weight excluding hydrogens is 382 g/mol. The van der Waals surface area contributed by atoms with Gasteiger partial charge in [-0.2, -0.15) is 5.10 Å². The van der Waals surface area contributed by atoms with Gasteiger partial charge in [-0.05, 0) is 24.3 Å². The van der Waals surface area contributed by atoms with E-state index in [1.54, 1.807) is 30.3 Å². The number of hydrogen-bond acceptors (Lipinski definition) is 3. The van der Waals surface area contributed by atoms with Gasteiger partial charge in [0.05, 0.1) is 6.21 Å². The monoisotopic (exact) mass is 391 g/mol. The fourth-order valence-corrected chi connectivity index (χ4v) is 1.45. The first kappa shape index (κ1) is 18.5. The van der Waals surface area contributed by atoms with E-state index in [2.05, 4.69) is 30.7 Å². The number of carbonyl (C=O) groups excluding carboxylic acids is 1. The number of nitrogens with zero attached hydrogens (tertiary/aromatic N) is 1. The summed E-state index contributed by atoms with van der Waals surface area (Å²) in [4.78, 5) is 11.6. The van der Waals surface area contributed by atoms with Crippen LogP contribution in [0.2, 0.25) is 0 Å². The van der Waals surface area contributed by atoms with Gasteiger partial charge in [0, 0.05) is 11.1 Å². The molecule has 2 rings (SSSR count). The Morgan fingerprint density at radius 3 is 2.45 bits per heavy atom. The molecule has 0 spiro atoms. The summed E-state index contributed by atoms with van der Waals surface area (Å²) in [5.41, 5.74) is 2.94. The molecule has 0 aromatic heterocycles. The normalized spacial score (nSPS) is 10.1. The fourth-order valence-electron chi connectivity index (χ4n) is 1.45. The van der Waals surface area contributed by atoms with Crippen LogP contribution in [-0.2, 0) is 13.1 Å². The maximum absolute atomic E-state index is 13.0. The topological polar surface area (TPSA) is 61.7 Å². The number of rotatable bonds is 3. The predicted octanol–water partition coefficient (Wildman–Crippen LogP) is 3.67. The summed E-state index contributed by atoms with van der Waals surface area (Å²) in [6.07, 6.45) is 1.18. The predicted molar refractivity (Wildman–Crippen MR) is 81.3 cm³/mol. The molecule has 0 radical (unpaired) electrons. The molecule has 2 N–H and O–H groups in total. The zero-order chi connectivity index (χ0) is 16.4. The number of halogens is 3. The zero-order valence-corrected chi connectivity index (χ0v) is 13.4. The molecule has 8 heteroatoms. The SMILES string of the molecule is O=C(N/N=C/c1cccc(F)c1O)c1ccccc1.[Cl][Cu][Cl]. The third kappa shape index (κ3) is 6.03. The molecule has 0 bridgehead atoms. The molecule has 0 unspecified atom stereocenters. The first-order valence-corrected chi connectivity index (χ1v) is 8.36. The molecule has 121 valence electrons. The molecule has 0 saturated carbocycles. The van der Waals surface area contributed by atoms with E-state index in [1.165, 1.54) is 18.3 Å². The van der Waals surface area contributed by atoms with Gasteiger partial charge >= 0.3 is 33.3 Å². The number of phenols is 1. The molecule has 0 aliphatic heterocycles. The van der Waals surface area contributed by atoms with E-state index in [0.29, 0.717) is 5.56 Å². The van der Waals surface area contributed by atoms with Gasteiger partial charge in [0.2, 0.25) is 0 Å². The molecule has 1 amide bonds. The zero-order valence-electron chi connectivity index (χ0n) is 10.9. The second-order valence-corrected chi connectivity index (χ2v) is 5.34. The van der Waals surface area contributed by atoms with Crippen molar-refractivity contribution in [3.05, 3.63) is 65.5 Å². The van der Waals surface area contributed by atoms with Crippen LogP contribution in [0.25, 0.3) is 0 Å². The second kappa shape index (κ2) is 10.2. The van der Waals surface area contributed by atoms with Gasteiger partial charge in [-0.15, -0.1) is 0 Å². The average Bonchev–Trinajstić information content (AvgIpc) is 2.53. The van der Waals surface area contributed by atoms with Gasteiger partial charge in [0.1, 0.15) is 0 Å². The van der Waals surface area contributed by atoms with Crippen LogP contribution in [0.5, 0.6) is 5.75 Å². The van der Waals surface area contributed by atoms with Crippen LogP contribution in [0.15, 0.2) is 53.6 Å². The fraction of sp³-hybridized carbons (Fsp3) is 0. The van der Waals surface area contributed by atoms with Crippen molar-refractivity contribution in [1.29, 1.82) is 0 Å². The Hall–Kier alpha value is -1.59. The third-order valence-corrected chi connectivity index (χ3v) is 2.42. The Balaban J connectivity index is 0.000000745. The molecule has 2 aromatic rings. The summed E-state index contributed by atoms with van der Waals surface area (Å²) >= 11 is 0.757. The minimum atomic E-state index is -0.738. The standard InChI is InChI=1S/C14H11FN2O2.2ClH.Cu/c15-12-8-4-7-11(13(12)18)9-16-17-14(19)10-5-2-1-3-6-10;;;/h1-9,18H,(H,17,19);2*1H;/q;;;+2/p-2/b16-9+;;;. The van der Waals surface area contributed by atoms with E-state index < -0.39 is 11.6 Å². The van der Waals surface area contributed by atoms with Crippen molar-refractivity contribution in [2.45, 2.75) is 0 Å². The summed E-state index contributed by atoms with van der Waals surface area (Å²) < 4.78 is 13.0. The summed E-state index contributed by atoms with van der Waals surface area (Å²) in [5.74, 6) is -1.62. The van der Waals surface area contributed by atoms with Crippen LogP contribution in [0.4, 0.5) is 4.39 Å². The Morgan fingerprint density at radius 2 is 1.82 bits per heavy atom. The molecule has 0 saturated heterocycles. The van der Waals surface area contributed by atoms with Crippen molar-refractivity contribution in [3.8, 4) is 5.75 Å². The number of hydrogen-bond donors (Lipinski definition) is 2. The molecule has 2 aromatic carbocycles. The van der Waals surface area contributed by atoms with Gasteiger partial charge in [0.25, 0.3) is 5.91 Å². The average molecular weight is 393 g/mol. The first-order chi connectivity index (χ1) is 10.6. The molecule has 4 nitrogen and oxygen atoms in total. The van der Waals surface area contributed by atoms with Crippen LogP contribution in [0.3, 0.4) is 0 Å². The number of hydrazone groups is 1. The minimum absolute atomic E-state index is 0.188. The van der Waals surface area contributed by atoms with Gasteiger partial charge in [-0.1, -0.05) is 24.3 Å². The molecule has 0 aliphatic rings. The van der Waals surface area contributed by atoms with Crippen molar-refractivity contribution >= 4 is 32.3 Å². The van der Waals surface area contributed by atoms with E-state index in [1.807, 2.05) is 0 Å². The van der Waals surface area contributed by atoms with E-state index in [-0.39, 0.29) is 11.5 Å². The third-order valence-electron chi connectivity index (χ3n) is 2.42. The number of benzene rings is 2. The molecule has 0 aliphatic carbocycles. The Labute approximate surface area is 141 Å². The molecule has 22 heavy (non-hydrogen) atoms. The number of nitrogens with one attached hydrogen (secondary N) is 1. The summed E-state index contributed by atoms with van der Waals surface area (Å²) in [6, 6.07) is 12.6. The van der Waals surface area contributed by atoms with Crippen molar-refractivity contribution in [2.75, 3.05) is 0 Å². The maximum atomic E-state index is 13.0. The quantitative estimate of drug-likeness (QED) is 0.475. The Morgan fingerprint density at radius 1 is 1.18 bits per heavy atom. The van der Waals surface area contributed by atoms with Crippen molar-refractivity contribution in [2.24, 2.45) is 5.10 Å². The van der Waals surface area contributed by atoms with Crippen LogP contribution in [-0.4, -0.2) is 17.2 Å². The van der Waals surface area contributed by atoms with E-state index >= 15 is 0 Å². The van der Waals surface area contributed by atoms with Crippen LogP contribution in [0.1, 0.15) is 15.9 Å². The van der Waals surface area contributed by atoms with Gasteiger partial charge in [-0.25, -0.2) is 9.82 Å². The van der Waals surface area contributed by atoms with Gasteiger partial charge in [-0.3, -0.25) is 4.79 Å². The summed E-state index contributed by atoms with van der Waals surface area (Å²) in [7, 11) is 9.34. The molecule has 0 atom stereocenters. The van der Waals surface area contributed by atoms with Crippen molar-refractivity contribution < 1.29 is 27.4 Å². The number of aromatic hydroxyl groups is 1. The number of para-hydroxylation sites is 1. The Kier molecular flexibility index (Phi) is 8.55. The number of phenolic OH excluding ortho intramolecular Hbond substituents is 1. The summed E-state index contributed by atoms with van der Waals surface area (Å²) in [5, 5.41) is 13.1. The van der Waals surface area contributed by atoms with Crippen LogP contribution in [0, 0.1) is 5.82 Å². The first-order valence-electron chi connectivity index (χ1n) is 5.77. The number of amides is 1. The molecule has 0 heterocycles. The second-order valence-electron chi connectivity index (χ2n) is 3.79. The van der Waals surface area contributed by atoms with E-state index in [0.717, 1.165) is 19.2 Å². The van der Waals surface area contributed by atoms with Gasteiger partial charge in [0.15, 0.2) is 11.6 Å².